The minimum absolute atomic E-state index is 0.0314. The number of aromatic nitrogens is 1. The molecular weight excluding hydrogens is 502 g/mol. The first-order valence-electron chi connectivity index (χ1n) is 9.83. The molecule has 0 bridgehead atoms. The first kappa shape index (κ1) is 22.5. The molecule has 1 aromatic heterocycles. The van der Waals surface area contributed by atoms with Crippen molar-refractivity contribution in [3.05, 3.63) is 69.7 Å². The van der Waals surface area contributed by atoms with Crippen molar-refractivity contribution in [3.8, 4) is 23.3 Å². The Kier molecular flexibility index (Phi) is 6.19. The van der Waals surface area contributed by atoms with Gasteiger partial charge in [-0.15, -0.1) is 0 Å². The maximum absolute atomic E-state index is 13.1. The number of aryl methyl sites for hydroxylation is 1. The summed E-state index contributed by atoms with van der Waals surface area (Å²) in [5.74, 6) is -0.757. The number of nitrogens with zero attached hydrogens (tertiary/aromatic N) is 4. The van der Waals surface area contributed by atoms with E-state index in [0.29, 0.717) is 16.8 Å². The summed E-state index contributed by atoms with van der Waals surface area (Å²) >= 11 is 4.36. The van der Waals surface area contributed by atoms with E-state index in [1.54, 1.807) is 36.4 Å². The zero-order valence-corrected chi connectivity index (χ0v) is 19.8. The average molecular weight is 518 g/mol. The number of carbonyl (C=O) groups excluding carboxylic acids is 2. The molecule has 0 spiro atoms. The number of benzene rings is 2. The van der Waals surface area contributed by atoms with Gasteiger partial charge in [0, 0.05) is 16.5 Å². The highest BCUT2D eigenvalue weighted by atomic mass is 79.9. The smallest absolute Gasteiger partial charge is 0.247 e. The molecule has 33 heavy (non-hydrogen) atoms. The summed E-state index contributed by atoms with van der Waals surface area (Å²) in [7, 11) is 0. The van der Waals surface area contributed by atoms with Gasteiger partial charge in [0.05, 0.1) is 16.5 Å². The maximum atomic E-state index is 13.1. The molecule has 2 heterocycles. The van der Waals surface area contributed by atoms with Crippen LogP contribution >= 0.6 is 27.7 Å². The molecule has 0 saturated carbocycles. The average Bonchev–Trinajstić information content (AvgIpc) is 3.07. The van der Waals surface area contributed by atoms with Crippen LogP contribution in [-0.2, 0) is 9.59 Å². The molecule has 2 aromatic carbocycles. The van der Waals surface area contributed by atoms with Gasteiger partial charge in [-0.05, 0) is 36.8 Å². The second kappa shape index (κ2) is 9.07. The minimum atomic E-state index is -0.765. The SMILES string of the molecule is Cc1ccc(-c2c(C#N)c(N)nc(S[C@H]3CC(=O)N(c4ccc(Br)cc4)C3=O)c2C#N)cc1. The van der Waals surface area contributed by atoms with E-state index in [1.807, 2.05) is 25.1 Å². The zero-order valence-electron chi connectivity index (χ0n) is 17.4. The molecule has 1 atom stereocenters. The van der Waals surface area contributed by atoms with Gasteiger partial charge in [0.2, 0.25) is 11.8 Å². The number of carbonyl (C=O) groups is 2. The van der Waals surface area contributed by atoms with Crippen LogP contribution in [0.5, 0.6) is 0 Å². The van der Waals surface area contributed by atoms with Crippen LogP contribution in [0.4, 0.5) is 11.5 Å². The van der Waals surface area contributed by atoms with Gasteiger partial charge in [0.1, 0.15) is 28.5 Å². The highest BCUT2D eigenvalue weighted by Gasteiger charge is 2.41. The summed E-state index contributed by atoms with van der Waals surface area (Å²) in [6, 6.07) is 18.4. The molecule has 1 aliphatic rings. The number of halogens is 1. The van der Waals surface area contributed by atoms with Crippen molar-refractivity contribution in [1.29, 1.82) is 10.5 Å². The third-order valence-electron chi connectivity index (χ3n) is 5.20. The predicted octanol–water partition coefficient (Wildman–Crippen LogP) is 4.57. The second-order valence-electron chi connectivity index (χ2n) is 7.37. The number of nitrogens with two attached hydrogens (primary N) is 1. The van der Waals surface area contributed by atoms with Crippen molar-refractivity contribution in [1.82, 2.24) is 4.98 Å². The number of pyridine rings is 1. The fourth-order valence-corrected chi connectivity index (χ4v) is 4.97. The molecule has 1 fully saturated rings. The van der Waals surface area contributed by atoms with Crippen LogP contribution in [0.15, 0.2) is 58.0 Å². The van der Waals surface area contributed by atoms with Crippen molar-refractivity contribution in [2.24, 2.45) is 0 Å². The van der Waals surface area contributed by atoms with Crippen LogP contribution in [0.25, 0.3) is 11.1 Å². The third-order valence-corrected chi connectivity index (χ3v) is 6.90. The molecule has 9 heteroatoms. The van der Waals surface area contributed by atoms with E-state index in [9.17, 15) is 20.1 Å². The van der Waals surface area contributed by atoms with Gasteiger partial charge in [-0.1, -0.05) is 57.5 Å². The number of imide groups is 1. The minimum Gasteiger partial charge on any atom is -0.383 e. The van der Waals surface area contributed by atoms with Gasteiger partial charge in [0.15, 0.2) is 0 Å². The number of anilines is 2. The summed E-state index contributed by atoms with van der Waals surface area (Å²) in [5.41, 5.74) is 8.84. The molecule has 2 N–H and O–H groups in total. The summed E-state index contributed by atoms with van der Waals surface area (Å²) in [6.07, 6.45) is -0.0358. The monoisotopic (exact) mass is 517 g/mol. The predicted molar refractivity (Wildman–Crippen MR) is 129 cm³/mol. The molecule has 0 aliphatic carbocycles. The van der Waals surface area contributed by atoms with Crippen molar-refractivity contribution >= 4 is 51.0 Å². The van der Waals surface area contributed by atoms with E-state index < -0.39 is 11.2 Å². The summed E-state index contributed by atoms with van der Waals surface area (Å²) in [5, 5.41) is 19.1. The number of rotatable bonds is 4. The van der Waals surface area contributed by atoms with E-state index >= 15 is 0 Å². The van der Waals surface area contributed by atoms with Crippen LogP contribution in [-0.4, -0.2) is 22.0 Å². The lowest BCUT2D eigenvalue weighted by atomic mass is 9.96. The van der Waals surface area contributed by atoms with E-state index in [0.717, 1.165) is 26.7 Å². The van der Waals surface area contributed by atoms with Gasteiger partial charge in [0.25, 0.3) is 0 Å². The van der Waals surface area contributed by atoms with Crippen LogP contribution in [0.3, 0.4) is 0 Å². The first-order valence-corrected chi connectivity index (χ1v) is 11.5. The molecule has 7 nitrogen and oxygen atoms in total. The third kappa shape index (κ3) is 4.21. The van der Waals surface area contributed by atoms with Gasteiger partial charge in [-0.2, -0.15) is 10.5 Å². The lowest BCUT2D eigenvalue weighted by Gasteiger charge is -2.16. The van der Waals surface area contributed by atoms with E-state index in [4.69, 9.17) is 5.73 Å². The van der Waals surface area contributed by atoms with Gasteiger partial charge < -0.3 is 5.73 Å². The lowest BCUT2D eigenvalue weighted by molar-refractivity contribution is -0.121. The van der Waals surface area contributed by atoms with Gasteiger partial charge in [-0.3, -0.25) is 9.59 Å². The maximum Gasteiger partial charge on any atom is 0.247 e. The molecule has 0 unspecified atom stereocenters. The van der Waals surface area contributed by atoms with Crippen LogP contribution < -0.4 is 10.6 Å². The number of hydrogen-bond acceptors (Lipinski definition) is 7. The molecule has 0 radical (unpaired) electrons. The Balaban J connectivity index is 1.74. The van der Waals surface area contributed by atoms with E-state index in [1.165, 1.54) is 0 Å². The molecule has 1 aliphatic heterocycles. The number of thioether (sulfide) groups is 1. The number of amides is 2. The van der Waals surface area contributed by atoms with E-state index in [2.05, 4.69) is 27.0 Å². The highest BCUT2D eigenvalue weighted by molar-refractivity contribution is 9.10. The Labute approximate surface area is 203 Å². The number of nitrogen functional groups attached to an aromatic ring is 1. The van der Waals surface area contributed by atoms with Gasteiger partial charge in [-0.25, -0.2) is 9.88 Å². The zero-order chi connectivity index (χ0) is 23.7. The molecular formula is C24H16BrN5O2S. The molecule has 4 rings (SSSR count). The Morgan fingerprint density at radius 3 is 2.30 bits per heavy atom. The molecule has 1 saturated heterocycles. The number of hydrogen-bond donors (Lipinski definition) is 1. The van der Waals surface area contributed by atoms with E-state index in [-0.39, 0.29) is 34.3 Å². The Bertz CT molecular complexity index is 1360. The Morgan fingerprint density at radius 1 is 1.06 bits per heavy atom. The highest BCUT2D eigenvalue weighted by Crippen LogP contribution is 2.40. The molecule has 2 amide bonds. The first-order chi connectivity index (χ1) is 15.8. The van der Waals surface area contributed by atoms with Crippen molar-refractivity contribution < 1.29 is 9.59 Å². The van der Waals surface area contributed by atoms with Crippen molar-refractivity contribution in [3.63, 3.8) is 0 Å². The van der Waals surface area contributed by atoms with Crippen LogP contribution in [0.1, 0.15) is 23.1 Å². The quantitative estimate of drug-likeness (QED) is 0.502. The van der Waals surface area contributed by atoms with Crippen LogP contribution in [0, 0.1) is 29.6 Å². The normalized spacial score (nSPS) is 15.4. The summed E-state index contributed by atoms with van der Waals surface area (Å²) < 4.78 is 0.829. The molecule has 3 aromatic rings. The largest absolute Gasteiger partial charge is 0.383 e. The van der Waals surface area contributed by atoms with Crippen molar-refractivity contribution in [2.75, 3.05) is 10.6 Å². The topological polar surface area (TPSA) is 124 Å². The van der Waals surface area contributed by atoms with Crippen molar-refractivity contribution in [2.45, 2.75) is 23.6 Å². The summed E-state index contributed by atoms with van der Waals surface area (Å²) in [6.45, 7) is 1.93. The fraction of sp³-hybridized carbons (Fsp3) is 0.125. The van der Waals surface area contributed by atoms with Gasteiger partial charge >= 0.3 is 0 Å². The lowest BCUT2D eigenvalue weighted by Crippen LogP contribution is -2.31. The summed E-state index contributed by atoms with van der Waals surface area (Å²) in [4.78, 5) is 31.1. The molecule has 162 valence electrons. The Morgan fingerprint density at radius 2 is 1.70 bits per heavy atom. The number of nitriles is 2. The fourth-order valence-electron chi connectivity index (χ4n) is 3.58. The Hall–Kier alpha value is -3.66. The van der Waals surface area contributed by atoms with Crippen LogP contribution in [0.2, 0.25) is 0 Å². The standard InChI is InChI=1S/C24H16BrN5O2S/c1-13-2-4-14(5-3-13)21-17(11-26)22(28)29-23(18(21)12-27)33-19-10-20(31)30(24(19)32)16-8-6-15(25)7-9-16/h2-9,19H,10H2,1H3,(H2,28,29)/t19-/m0/s1. The second-order valence-corrected chi connectivity index (χ2v) is 9.48.